The summed E-state index contributed by atoms with van der Waals surface area (Å²) in [6.45, 7) is -15.0. The molecule has 2 aromatic heterocycles. The number of carbonyl (C=O) groups is 1. The molecule has 0 spiro atoms. The molecule has 0 aliphatic carbocycles. The average Bonchev–Trinajstić information content (AvgIpc) is 3.34. The van der Waals surface area contributed by atoms with Crippen molar-refractivity contribution in [3.63, 3.8) is 0 Å². The van der Waals surface area contributed by atoms with Crippen LogP contribution < -0.4 is 9.80 Å². The van der Waals surface area contributed by atoms with Gasteiger partial charge in [0.1, 0.15) is 23.4 Å². The molecule has 8 heteroatoms. The Morgan fingerprint density at radius 2 is 2.14 bits per heavy atom. The standard InChI is InChI=1S/C21H23FN6O/c1-5-16-20(29)26(4)17-12-24-21(25-19(17)28(16)13(2)3)27-11-10-23-18(27)14-6-8-15(22)9-7-14/h6-13,16H,5H2,1-4H3/i1D3,2D3,3D3,4D3,5D2,13D. The lowest BCUT2D eigenvalue weighted by molar-refractivity contribution is -0.120. The molecule has 29 heavy (non-hydrogen) atoms. The quantitative estimate of drug-likeness (QED) is 0.660. The summed E-state index contributed by atoms with van der Waals surface area (Å²) in [5.74, 6) is -3.87. The molecule has 0 saturated heterocycles. The average molecular weight is 410 g/mol. The molecule has 0 radical (unpaired) electrons. The molecule has 7 nitrogen and oxygen atoms in total. The van der Waals surface area contributed by atoms with Gasteiger partial charge in [0.15, 0.2) is 5.82 Å². The van der Waals surface area contributed by atoms with Crippen molar-refractivity contribution in [3.05, 3.63) is 48.7 Å². The second-order valence-corrected chi connectivity index (χ2v) is 5.95. The van der Waals surface area contributed by atoms with Crippen molar-refractivity contribution >= 4 is 17.4 Å². The SMILES string of the molecule is [2H]C([2H])([2H])N1C(=O)C(C([2H])([2H])C([2H])([2H])[2H])N(C([2H])(C([2H])([2H])[2H])C([2H])([2H])[2H])c2nc(-n3ccnc3-c3ccc(F)cc3)ncc21. The fraction of sp³-hybridized carbons (Fsp3) is 0.333. The Morgan fingerprint density at radius 1 is 1.31 bits per heavy atom. The summed E-state index contributed by atoms with van der Waals surface area (Å²) in [4.78, 5) is 26.0. The molecule has 3 aromatic rings. The number of aromatic nitrogens is 4. The summed E-state index contributed by atoms with van der Waals surface area (Å²) in [5, 5.41) is 0. The van der Waals surface area contributed by atoms with Gasteiger partial charge in [-0.05, 0) is 44.3 Å². The summed E-state index contributed by atoms with van der Waals surface area (Å²) in [5.41, 5.74) is -0.532. The van der Waals surface area contributed by atoms with E-state index in [4.69, 9.17) is 20.6 Å². The van der Waals surface area contributed by atoms with E-state index in [0.29, 0.717) is 11.8 Å². The van der Waals surface area contributed by atoms with Crippen LogP contribution in [0, 0.1) is 5.82 Å². The Balaban J connectivity index is 2.14. The van der Waals surface area contributed by atoms with Crippen LogP contribution in [0.1, 0.15) is 47.5 Å². The highest BCUT2D eigenvalue weighted by atomic mass is 19.1. The van der Waals surface area contributed by atoms with Crippen LogP contribution >= 0.6 is 0 Å². The van der Waals surface area contributed by atoms with E-state index >= 15 is 0 Å². The van der Waals surface area contributed by atoms with Crippen LogP contribution in [0.5, 0.6) is 0 Å². The summed E-state index contributed by atoms with van der Waals surface area (Å²) >= 11 is 0. The van der Waals surface area contributed by atoms with Gasteiger partial charge >= 0.3 is 0 Å². The minimum Gasteiger partial charge on any atom is -0.340 e. The third kappa shape index (κ3) is 3.14. The highest BCUT2D eigenvalue weighted by molar-refractivity contribution is 6.04. The molecule has 4 rings (SSSR count). The number of fused-ring (bicyclic) bond motifs is 1. The Labute approximate surface area is 189 Å². The number of hydrogen-bond donors (Lipinski definition) is 0. The van der Waals surface area contributed by atoms with Gasteiger partial charge < -0.3 is 9.80 Å². The number of hydrogen-bond acceptors (Lipinski definition) is 5. The summed E-state index contributed by atoms with van der Waals surface area (Å²) in [6, 6.07) is -2.07. The van der Waals surface area contributed by atoms with Crippen molar-refractivity contribution in [2.45, 2.75) is 39.0 Å². The van der Waals surface area contributed by atoms with E-state index in [9.17, 15) is 9.18 Å². The number of imidazole rings is 1. The molecule has 1 aliphatic rings. The van der Waals surface area contributed by atoms with Crippen LogP contribution in [0.25, 0.3) is 17.3 Å². The number of anilines is 2. The predicted molar refractivity (Wildman–Crippen MR) is 110 cm³/mol. The van der Waals surface area contributed by atoms with Crippen molar-refractivity contribution in [2.75, 3.05) is 16.8 Å². The number of halogens is 1. The molecule has 1 aromatic carbocycles. The van der Waals surface area contributed by atoms with Gasteiger partial charge in [0.05, 0.1) is 7.57 Å². The number of rotatable bonds is 4. The minimum absolute atomic E-state index is 0.0366. The lowest BCUT2D eigenvalue weighted by atomic mass is 10.1. The van der Waals surface area contributed by atoms with E-state index in [1.54, 1.807) is 0 Å². The van der Waals surface area contributed by atoms with Gasteiger partial charge in [-0.3, -0.25) is 9.36 Å². The Kier molecular flexibility index (Phi) is 2.06. The van der Waals surface area contributed by atoms with Crippen molar-refractivity contribution in [2.24, 2.45) is 0 Å². The lowest BCUT2D eigenvalue weighted by Gasteiger charge is -2.42. The van der Waals surface area contributed by atoms with Crippen LogP contribution in [0.4, 0.5) is 15.9 Å². The fourth-order valence-corrected chi connectivity index (χ4v) is 2.92. The first-order valence-electron chi connectivity index (χ1n) is 15.7. The number of carbonyl (C=O) groups excluding carboxylic acids is 1. The summed E-state index contributed by atoms with van der Waals surface area (Å²) in [7, 11) is 0. The van der Waals surface area contributed by atoms with E-state index in [1.807, 2.05) is 0 Å². The Hall–Kier alpha value is -3.29. The highest BCUT2D eigenvalue weighted by Crippen LogP contribution is 2.36. The topological polar surface area (TPSA) is 67.2 Å². The van der Waals surface area contributed by atoms with Gasteiger partial charge in [0, 0.05) is 50.1 Å². The lowest BCUT2D eigenvalue weighted by Crippen LogP contribution is -2.55. The van der Waals surface area contributed by atoms with Crippen LogP contribution in [-0.4, -0.2) is 44.5 Å². The molecule has 0 saturated carbocycles. The smallest absolute Gasteiger partial charge is 0.249 e. The van der Waals surface area contributed by atoms with Crippen molar-refractivity contribution in [1.29, 1.82) is 0 Å². The molecule has 1 aliphatic heterocycles. The van der Waals surface area contributed by atoms with Crippen LogP contribution in [-0.2, 0) is 4.79 Å². The molecule has 0 bridgehead atoms. The van der Waals surface area contributed by atoms with Crippen LogP contribution in [0.15, 0.2) is 42.9 Å². The summed E-state index contributed by atoms with van der Waals surface area (Å²) < 4.78 is 136. The fourth-order valence-electron chi connectivity index (χ4n) is 2.92. The Morgan fingerprint density at radius 3 is 2.86 bits per heavy atom. The molecule has 0 fully saturated rings. The molecule has 3 heterocycles. The molecule has 1 amide bonds. The summed E-state index contributed by atoms with van der Waals surface area (Å²) in [6.07, 6.45) is -0.592. The van der Waals surface area contributed by atoms with E-state index in [2.05, 4.69) is 15.0 Å². The van der Waals surface area contributed by atoms with Gasteiger partial charge in [-0.2, -0.15) is 4.98 Å². The molecule has 1 unspecified atom stereocenters. The normalized spacial score (nSPS) is 26.7. The first-order valence-corrected chi connectivity index (χ1v) is 8.16. The number of benzene rings is 1. The maximum absolute atomic E-state index is 13.8. The largest absolute Gasteiger partial charge is 0.340 e. The van der Waals surface area contributed by atoms with Gasteiger partial charge in [-0.25, -0.2) is 14.4 Å². The number of nitrogens with zero attached hydrogens (tertiary/aromatic N) is 6. The molecular weight excluding hydrogens is 371 g/mol. The zero-order valence-electron chi connectivity index (χ0n) is 29.6. The molecule has 150 valence electrons. The van der Waals surface area contributed by atoms with Crippen LogP contribution in [0.2, 0.25) is 0 Å². The Bertz CT molecular complexity index is 1550. The second-order valence-electron chi connectivity index (χ2n) is 5.95. The highest BCUT2D eigenvalue weighted by Gasteiger charge is 2.38. The van der Waals surface area contributed by atoms with Gasteiger partial charge in [-0.15, -0.1) is 0 Å². The van der Waals surface area contributed by atoms with Crippen molar-refractivity contribution in [3.8, 4) is 17.3 Å². The zero-order chi connectivity index (χ0) is 33.4. The second kappa shape index (κ2) is 7.27. The van der Waals surface area contributed by atoms with E-state index in [-0.39, 0.29) is 15.6 Å². The third-order valence-corrected chi connectivity index (χ3v) is 4.26. The minimum atomic E-state index is -3.96. The van der Waals surface area contributed by atoms with Crippen LogP contribution in [0.3, 0.4) is 0 Å². The monoisotopic (exact) mass is 409 g/mol. The zero-order valence-corrected chi connectivity index (χ0v) is 14.6. The maximum atomic E-state index is 13.8. The van der Waals surface area contributed by atoms with Crippen molar-refractivity contribution in [1.82, 2.24) is 19.5 Å². The first kappa shape index (κ1) is 8.22. The van der Waals surface area contributed by atoms with E-state index in [0.717, 1.165) is 16.7 Å². The van der Waals surface area contributed by atoms with E-state index in [1.165, 1.54) is 24.5 Å². The number of amides is 1. The van der Waals surface area contributed by atoms with Gasteiger partial charge in [0.25, 0.3) is 0 Å². The molecule has 0 N–H and O–H groups in total. The third-order valence-electron chi connectivity index (χ3n) is 4.26. The van der Waals surface area contributed by atoms with Gasteiger partial charge in [0.2, 0.25) is 11.9 Å². The number of likely N-dealkylation sites (N-methyl/N-ethyl adjacent to an activating group) is 1. The van der Waals surface area contributed by atoms with Crippen molar-refractivity contribution < 1.29 is 29.7 Å². The maximum Gasteiger partial charge on any atom is 0.249 e. The van der Waals surface area contributed by atoms with Gasteiger partial charge in [-0.1, -0.05) is 6.85 Å². The predicted octanol–water partition coefficient (Wildman–Crippen LogP) is 3.44. The molecule has 1 atom stereocenters. The molecular formula is C21H23FN6O. The van der Waals surface area contributed by atoms with E-state index < -0.39 is 75.1 Å². The first-order chi connectivity index (χ1) is 19.9.